The monoisotopic (exact) mass is 485 g/mol. The summed E-state index contributed by atoms with van der Waals surface area (Å²) in [7, 11) is 1.49. The summed E-state index contributed by atoms with van der Waals surface area (Å²) < 4.78 is 7.87. The summed E-state index contributed by atoms with van der Waals surface area (Å²) in [4.78, 5) is 43.2. The fourth-order valence-electron chi connectivity index (χ4n) is 4.14. The van der Waals surface area contributed by atoms with Crippen molar-refractivity contribution in [2.45, 2.75) is 19.9 Å². The van der Waals surface area contributed by atoms with E-state index < -0.39 is 17.6 Å². The van der Waals surface area contributed by atoms with Gasteiger partial charge in [-0.05, 0) is 36.2 Å². The SMILES string of the molecule is CCc1c(C(=O)C(N)=O)c2c(OCC(=O)N(C)Oc3ccccc3)cccc2n1Cc1ccccc1. The summed E-state index contributed by atoms with van der Waals surface area (Å²) in [5, 5.41) is 1.54. The van der Waals surface area contributed by atoms with Crippen molar-refractivity contribution >= 4 is 28.5 Å². The second kappa shape index (κ2) is 10.8. The van der Waals surface area contributed by atoms with Gasteiger partial charge in [-0.1, -0.05) is 61.5 Å². The number of para-hydroxylation sites is 1. The van der Waals surface area contributed by atoms with Gasteiger partial charge in [-0.3, -0.25) is 14.4 Å². The Hall–Kier alpha value is -4.59. The minimum Gasteiger partial charge on any atom is -0.483 e. The number of hydrogen-bond acceptors (Lipinski definition) is 5. The highest BCUT2D eigenvalue weighted by molar-refractivity contribution is 6.45. The van der Waals surface area contributed by atoms with Crippen molar-refractivity contribution in [2.24, 2.45) is 5.73 Å². The van der Waals surface area contributed by atoms with Crippen LogP contribution in [0.15, 0.2) is 78.9 Å². The van der Waals surface area contributed by atoms with Crippen LogP contribution in [-0.4, -0.2) is 40.9 Å². The maximum Gasteiger partial charge on any atom is 0.292 e. The number of benzene rings is 3. The largest absolute Gasteiger partial charge is 0.483 e. The number of rotatable bonds is 10. The number of aromatic nitrogens is 1. The number of primary amides is 1. The number of ether oxygens (including phenoxy) is 1. The zero-order valence-electron chi connectivity index (χ0n) is 20.1. The third kappa shape index (κ3) is 5.07. The van der Waals surface area contributed by atoms with E-state index in [0.717, 1.165) is 10.6 Å². The molecule has 184 valence electrons. The fraction of sp³-hybridized carbons (Fsp3) is 0.179. The van der Waals surface area contributed by atoms with Crippen LogP contribution >= 0.6 is 0 Å². The van der Waals surface area contributed by atoms with Crippen molar-refractivity contribution in [3.05, 3.63) is 95.7 Å². The molecular formula is C28H27N3O5. The first-order chi connectivity index (χ1) is 17.4. The first-order valence-electron chi connectivity index (χ1n) is 11.5. The number of likely N-dealkylation sites (N-methyl/N-ethyl adjacent to an activating group) is 1. The smallest absolute Gasteiger partial charge is 0.292 e. The van der Waals surface area contributed by atoms with E-state index in [9.17, 15) is 14.4 Å². The molecule has 0 saturated heterocycles. The highest BCUT2D eigenvalue weighted by Crippen LogP contribution is 2.35. The van der Waals surface area contributed by atoms with E-state index in [1.807, 2.05) is 54.0 Å². The van der Waals surface area contributed by atoms with E-state index in [4.69, 9.17) is 15.3 Å². The Morgan fingerprint density at radius 3 is 2.22 bits per heavy atom. The van der Waals surface area contributed by atoms with Crippen molar-refractivity contribution in [1.29, 1.82) is 0 Å². The molecule has 8 heteroatoms. The van der Waals surface area contributed by atoms with Crippen LogP contribution in [-0.2, 0) is 22.6 Å². The highest BCUT2D eigenvalue weighted by Gasteiger charge is 2.27. The van der Waals surface area contributed by atoms with Crippen LogP contribution in [0.4, 0.5) is 0 Å². The number of ketones is 1. The molecule has 1 aromatic heterocycles. The van der Waals surface area contributed by atoms with Crippen molar-refractivity contribution < 1.29 is 24.0 Å². The van der Waals surface area contributed by atoms with Crippen LogP contribution in [0.2, 0.25) is 0 Å². The van der Waals surface area contributed by atoms with E-state index >= 15 is 0 Å². The summed E-state index contributed by atoms with van der Waals surface area (Å²) in [5.41, 5.74) is 8.02. The molecule has 0 aliphatic carbocycles. The number of amides is 2. The average molecular weight is 486 g/mol. The van der Waals surface area contributed by atoms with Crippen molar-refractivity contribution in [1.82, 2.24) is 9.63 Å². The molecule has 0 spiro atoms. The summed E-state index contributed by atoms with van der Waals surface area (Å²) in [6.45, 7) is 2.06. The van der Waals surface area contributed by atoms with Crippen LogP contribution in [0.25, 0.3) is 10.9 Å². The lowest BCUT2D eigenvalue weighted by Crippen LogP contribution is -2.34. The number of carbonyl (C=O) groups is 3. The number of carbonyl (C=O) groups excluding carboxylic acids is 3. The van der Waals surface area contributed by atoms with Crippen LogP contribution in [0, 0.1) is 0 Å². The number of Topliss-reactive ketones (excluding diaryl/α,β-unsaturated/α-hetero) is 1. The molecule has 0 radical (unpaired) electrons. The number of fused-ring (bicyclic) bond motifs is 1. The third-order valence-electron chi connectivity index (χ3n) is 5.82. The maximum atomic E-state index is 13.0. The third-order valence-corrected chi connectivity index (χ3v) is 5.82. The molecule has 1 heterocycles. The summed E-state index contributed by atoms with van der Waals surface area (Å²) in [6, 6.07) is 24.0. The van der Waals surface area contributed by atoms with Gasteiger partial charge in [0.2, 0.25) is 0 Å². The molecule has 0 saturated carbocycles. The Morgan fingerprint density at radius 2 is 1.58 bits per heavy atom. The first kappa shape index (κ1) is 24.5. The van der Waals surface area contributed by atoms with E-state index in [2.05, 4.69) is 0 Å². The van der Waals surface area contributed by atoms with Crippen molar-refractivity contribution in [3.63, 3.8) is 0 Å². The predicted molar refractivity (Wildman–Crippen MR) is 136 cm³/mol. The van der Waals surface area contributed by atoms with E-state index in [1.165, 1.54) is 7.05 Å². The predicted octanol–water partition coefficient (Wildman–Crippen LogP) is 3.75. The minimum absolute atomic E-state index is 0.202. The molecule has 0 aliphatic heterocycles. The second-order valence-corrected chi connectivity index (χ2v) is 8.17. The standard InChI is InChI=1S/C28H27N3O5/c1-3-21-26(27(33)28(29)34)25-22(31(21)17-19-11-6-4-7-12-19)15-10-16-23(25)35-18-24(32)30(2)36-20-13-8-5-9-14-20/h4-16H,3,17-18H2,1-2H3,(H2,29,34). The van der Waals surface area contributed by atoms with E-state index in [-0.39, 0.29) is 12.2 Å². The van der Waals surface area contributed by atoms with Gasteiger partial charge in [0.25, 0.3) is 17.6 Å². The lowest BCUT2D eigenvalue weighted by Gasteiger charge is -2.18. The van der Waals surface area contributed by atoms with Gasteiger partial charge in [-0.15, -0.1) is 0 Å². The fourth-order valence-corrected chi connectivity index (χ4v) is 4.14. The van der Waals surface area contributed by atoms with Crippen LogP contribution in [0.5, 0.6) is 11.5 Å². The zero-order chi connectivity index (χ0) is 25.7. The lowest BCUT2D eigenvalue weighted by molar-refractivity contribution is -0.154. The van der Waals surface area contributed by atoms with Crippen LogP contribution < -0.4 is 15.3 Å². The number of nitrogens with two attached hydrogens (primary N) is 1. The maximum absolute atomic E-state index is 13.0. The normalized spacial score (nSPS) is 10.7. The topological polar surface area (TPSA) is 104 Å². The van der Waals surface area contributed by atoms with Gasteiger partial charge < -0.3 is 19.9 Å². The minimum atomic E-state index is -1.05. The van der Waals surface area contributed by atoms with Gasteiger partial charge in [0.05, 0.1) is 16.5 Å². The Balaban J connectivity index is 1.70. The first-order valence-corrected chi connectivity index (χ1v) is 11.5. The molecule has 0 aliphatic rings. The number of hydrogen-bond donors (Lipinski definition) is 1. The second-order valence-electron chi connectivity index (χ2n) is 8.17. The van der Waals surface area contributed by atoms with Gasteiger partial charge >= 0.3 is 0 Å². The van der Waals surface area contributed by atoms with E-state index in [1.54, 1.807) is 36.4 Å². The molecule has 3 aromatic carbocycles. The van der Waals surface area contributed by atoms with Crippen molar-refractivity contribution in [3.8, 4) is 11.5 Å². The summed E-state index contributed by atoms with van der Waals surface area (Å²) in [5.74, 6) is -1.46. The van der Waals surface area contributed by atoms with Crippen LogP contribution in [0.1, 0.15) is 28.5 Å². The van der Waals surface area contributed by atoms with Crippen molar-refractivity contribution in [2.75, 3.05) is 13.7 Å². The quantitative estimate of drug-likeness (QED) is 0.209. The van der Waals surface area contributed by atoms with Gasteiger partial charge in [0.15, 0.2) is 12.4 Å². The van der Waals surface area contributed by atoms with Gasteiger partial charge in [0.1, 0.15) is 5.75 Å². The average Bonchev–Trinajstić information content (AvgIpc) is 3.21. The molecule has 36 heavy (non-hydrogen) atoms. The molecule has 2 N–H and O–H groups in total. The molecule has 0 atom stereocenters. The molecule has 0 bridgehead atoms. The summed E-state index contributed by atoms with van der Waals surface area (Å²) >= 11 is 0. The Labute approximate surface area is 208 Å². The van der Waals surface area contributed by atoms with Gasteiger partial charge in [0, 0.05) is 19.3 Å². The molecule has 8 nitrogen and oxygen atoms in total. The number of nitrogens with zero attached hydrogens (tertiary/aromatic N) is 2. The molecule has 0 fully saturated rings. The Morgan fingerprint density at radius 1 is 0.917 bits per heavy atom. The van der Waals surface area contributed by atoms with E-state index in [0.29, 0.717) is 41.1 Å². The van der Waals surface area contributed by atoms with Crippen LogP contribution in [0.3, 0.4) is 0 Å². The molecule has 4 rings (SSSR count). The molecular weight excluding hydrogens is 458 g/mol. The van der Waals surface area contributed by atoms with Gasteiger partial charge in [-0.25, -0.2) is 0 Å². The Kier molecular flexibility index (Phi) is 7.34. The Bertz CT molecular complexity index is 1400. The molecule has 0 unspecified atom stereocenters. The van der Waals surface area contributed by atoms with Gasteiger partial charge in [-0.2, -0.15) is 5.06 Å². The lowest BCUT2D eigenvalue weighted by atomic mass is 10.0. The molecule has 2 amide bonds. The molecule has 4 aromatic rings. The zero-order valence-corrected chi connectivity index (χ0v) is 20.1. The highest BCUT2D eigenvalue weighted by atomic mass is 16.7. The number of hydroxylamine groups is 2. The summed E-state index contributed by atoms with van der Waals surface area (Å²) in [6.07, 6.45) is 0.488.